The zero-order chi connectivity index (χ0) is 23.9. The van der Waals surface area contributed by atoms with Crippen LogP contribution in [0.1, 0.15) is 0 Å². The second-order valence-corrected chi connectivity index (χ2v) is 4.47. The maximum Gasteiger partial charge on any atom is 0.495 e. The molecular formula is C13H27F9N4O3. The second kappa shape index (κ2) is 22.9. The van der Waals surface area contributed by atoms with Gasteiger partial charge in [-0.3, -0.25) is 4.90 Å². The van der Waals surface area contributed by atoms with Crippen molar-refractivity contribution < 1.29 is 53.8 Å². The molecule has 7 nitrogen and oxygen atoms in total. The molecule has 0 aliphatic carbocycles. The Kier molecular flexibility index (Phi) is 27.7. The van der Waals surface area contributed by atoms with Crippen LogP contribution in [0.4, 0.5) is 44.3 Å². The van der Waals surface area contributed by atoms with Crippen LogP contribution in [0, 0.1) is 0 Å². The van der Waals surface area contributed by atoms with Gasteiger partial charge in [0.05, 0.1) is 7.11 Å². The Balaban J connectivity index is -0.000000149. The summed E-state index contributed by atoms with van der Waals surface area (Å²) >= 11 is 0. The number of nitrogens with two attached hydrogens (primary N) is 3. The van der Waals surface area contributed by atoms with Crippen molar-refractivity contribution in [3.63, 3.8) is 0 Å². The summed E-state index contributed by atoms with van der Waals surface area (Å²) < 4.78 is 103. The Morgan fingerprint density at radius 3 is 1.28 bits per heavy atom. The van der Waals surface area contributed by atoms with Crippen molar-refractivity contribution in [1.29, 1.82) is 0 Å². The van der Waals surface area contributed by atoms with Crippen LogP contribution in [-0.2, 0) is 9.47 Å². The molecular weight excluding hydrogens is 431 g/mol. The Bertz CT molecular complexity index is 334. The summed E-state index contributed by atoms with van der Waals surface area (Å²) in [6.45, 7) is -0.396. The van der Waals surface area contributed by atoms with Crippen LogP contribution in [0.25, 0.3) is 0 Å². The normalized spacial score (nSPS) is 10.7. The van der Waals surface area contributed by atoms with E-state index in [4.69, 9.17) is 22.0 Å². The fraction of sp³-hybridized carbons (Fsp3) is 0.923. The van der Waals surface area contributed by atoms with E-state index in [1.807, 2.05) is 0 Å². The third-order valence-electron chi connectivity index (χ3n) is 1.99. The fourth-order valence-corrected chi connectivity index (χ4v) is 1.04. The van der Waals surface area contributed by atoms with Crippen LogP contribution in [0.5, 0.6) is 0 Å². The van der Waals surface area contributed by atoms with E-state index in [1.165, 1.54) is 0 Å². The van der Waals surface area contributed by atoms with E-state index in [-0.39, 0.29) is 0 Å². The first kappa shape index (κ1) is 35.1. The maximum atomic E-state index is 11.0. The molecule has 0 rings (SSSR count). The minimum absolute atomic E-state index is 0.681. The topological polar surface area (TPSA) is 117 Å². The van der Waals surface area contributed by atoms with Crippen LogP contribution >= 0.6 is 0 Å². The van der Waals surface area contributed by atoms with Crippen molar-refractivity contribution in [3.8, 4) is 0 Å². The molecule has 6 N–H and O–H groups in total. The molecule has 0 aromatic rings. The third-order valence-corrected chi connectivity index (χ3v) is 1.99. The molecule has 0 bridgehead atoms. The van der Waals surface area contributed by atoms with E-state index in [0.717, 1.165) is 26.7 Å². The predicted molar refractivity (Wildman–Crippen MR) is 87.1 cm³/mol. The largest absolute Gasteiger partial charge is 0.495 e. The smallest absolute Gasteiger partial charge is 0.444 e. The number of carbonyl (C=O) groups excluding carboxylic acids is 1. The maximum absolute atomic E-state index is 11.0. The SMILES string of the molecule is COC(=O)F.FCC(F)(F)F.FCOCC(F)(F)F.NCCN(CCN)CCN. The average Bonchev–Trinajstić information content (AvgIpc) is 2.61. The van der Waals surface area contributed by atoms with Gasteiger partial charge in [0.1, 0.15) is 6.61 Å². The number of methoxy groups -OCH3 is 1. The van der Waals surface area contributed by atoms with Crippen LogP contribution in [-0.4, -0.2) is 90.0 Å². The van der Waals surface area contributed by atoms with Crippen molar-refractivity contribution >= 4 is 6.22 Å². The third kappa shape index (κ3) is 52.0. The summed E-state index contributed by atoms with van der Waals surface area (Å²) in [4.78, 5) is 11.1. The van der Waals surface area contributed by atoms with E-state index < -0.39 is 38.7 Å². The number of nitrogens with zero attached hydrogens (tertiary/aromatic N) is 1. The highest BCUT2D eigenvalue weighted by atomic mass is 19.4. The van der Waals surface area contributed by atoms with Gasteiger partial charge in [0.25, 0.3) is 0 Å². The van der Waals surface area contributed by atoms with E-state index in [9.17, 15) is 39.5 Å². The Labute approximate surface area is 162 Å². The predicted octanol–water partition coefficient (Wildman–Crippen LogP) is 1.90. The number of alkyl halides is 8. The fourth-order valence-electron chi connectivity index (χ4n) is 1.04. The Morgan fingerprint density at radius 2 is 1.17 bits per heavy atom. The zero-order valence-electron chi connectivity index (χ0n) is 15.7. The number of carbonyl (C=O) groups is 1. The van der Waals surface area contributed by atoms with Crippen LogP contribution in [0.2, 0.25) is 0 Å². The van der Waals surface area contributed by atoms with Gasteiger partial charge in [-0.2, -0.15) is 26.3 Å². The molecule has 0 atom stereocenters. The van der Waals surface area contributed by atoms with Gasteiger partial charge in [0.2, 0.25) is 0 Å². The molecule has 0 saturated heterocycles. The summed E-state index contributed by atoms with van der Waals surface area (Å²) in [5, 5.41) is 0. The molecule has 0 aliphatic heterocycles. The van der Waals surface area contributed by atoms with Crippen molar-refractivity contribution in [2.45, 2.75) is 12.4 Å². The van der Waals surface area contributed by atoms with Crippen LogP contribution in [0.15, 0.2) is 0 Å². The molecule has 0 aromatic carbocycles. The summed E-state index contributed by atoms with van der Waals surface area (Å²) in [6.07, 6.45) is -10.8. The number of hydrogen-bond donors (Lipinski definition) is 3. The first-order valence-electron chi connectivity index (χ1n) is 7.63. The highest BCUT2D eigenvalue weighted by molar-refractivity contribution is 5.57. The van der Waals surface area contributed by atoms with Gasteiger partial charge >= 0.3 is 18.6 Å². The summed E-state index contributed by atoms with van der Waals surface area (Å²) in [6, 6.07) is 0. The number of rotatable bonds is 8. The van der Waals surface area contributed by atoms with E-state index >= 15 is 0 Å². The molecule has 0 aromatic heterocycles. The molecule has 0 spiro atoms. The average molecular weight is 458 g/mol. The quantitative estimate of drug-likeness (QED) is 0.376. The minimum Gasteiger partial charge on any atom is -0.444 e. The lowest BCUT2D eigenvalue weighted by molar-refractivity contribution is -0.182. The van der Waals surface area contributed by atoms with Crippen molar-refractivity contribution in [3.05, 3.63) is 0 Å². The van der Waals surface area contributed by atoms with Gasteiger partial charge in [-0.15, -0.1) is 4.39 Å². The zero-order valence-corrected chi connectivity index (χ0v) is 15.7. The molecule has 0 aliphatic rings. The van der Waals surface area contributed by atoms with Crippen molar-refractivity contribution in [2.75, 3.05) is 66.5 Å². The van der Waals surface area contributed by atoms with Crippen LogP contribution in [0.3, 0.4) is 0 Å². The Morgan fingerprint density at radius 1 is 0.862 bits per heavy atom. The van der Waals surface area contributed by atoms with E-state index in [1.54, 1.807) is 0 Å². The van der Waals surface area contributed by atoms with E-state index in [0.29, 0.717) is 19.6 Å². The van der Waals surface area contributed by atoms with E-state index in [2.05, 4.69) is 14.4 Å². The molecule has 16 heteroatoms. The Hall–Kier alpha value is -1.36. The number of ether oxygens (including phenoxy) is 2. The first-order valence-corrected chi connectivity index (χ1v) is 7.63. The standard InChI is InChI=1S/C6H18N4.C3H4F4O.C2H2F4.C2H3FO2/c7-1-4-10(5-2-8)6-3-9;4-2-8-1-3(5,6)7;3-1-2(4,5)6;1-5-2(3)4/h1-9H2;1-2H2;1H2;1H3. The molecule has 0 unspecified atom stereocenters. The molecule has 0 radical (unpaired) electrons. The van der Waals surface area contributed by atoms with Crippen molar-refractivity contribution in [1.82, 2.24) is 4.90 Å². The summed E-state index contributed by atoms with van der Waals surface area (Å²) in [7, 11) is 0.975. The second-order valence-electron chi connectivity index (χ2n) is 4.47. The van der Waals surface area contributed by atoms with Gasteiger partial charge in [0, 0.05) is 39.3 Å². The minimum atomic E-state index is -4.62. The lowest BCUT2D eigenvalue weighted by atomic mass is 10.4. The summed E-state index contributed by atoms with van der Waals surface area (Å²) in [5.41, 5.74) is 16.1. The molecule has 0 heterocycles. The highest BCUT2D eigenvalue weighted by Gasteiger charge is 2.27. The van der Waals surface area contributed by atoms with Crippen molar-refractivity contribution in [2.24, 2.45) is 17.2 Å². The first-order chi connectivity index (χ1) is 13.2. The molecule has 180 valence electrons. The summed E-state index contributed by atoms with van der Waals surface area (Å²) in [5.74, 6) is 0. The van der Waals surface area contributed by atoms with Crippen LogP contribution < -0.4 is 17.2 Å². The van der Waals surface area contributed by atoms with Gasteiger partial charge in [-0.25, -0.2) is 13.6 Å². The van der Waals surface area contributed by atoms with Gasteiger partial charge in [-0.1, -0.05) is 0 Å². The molecule has 0 fully saturated rings. The van der Waals surface area contributed by atoms with Gasteiger partial charge in [-0.05, 0) is 0 Å². The molecule has 0 saturated carbocycles. The molecule has 29 heavy (non-hydrogen) atoms. The molecule has 0 amide bonds. The lowest BCUT2D eigenvalue weighted by Crippen LogP contribution is -2.37. The number of halogens is 9. The van der Waals surface area contributed by atoms with Gasteiger partial charge < -0.3 is 26.7 Å². The number of hydrogen-bond acceptors (Lipinski definition) is 7. The monoisotopic (exact) mass is 458 g/mol. The lowest BCUT2D eigenvalue weighted by Gasteiger charge is -2.18. The highest BCUT2D eigenvalue weighted by Crippen LogP contribution is 2.14. The van der Waals surface area contributed by atoms with Gasteiger partial charge in [0.15, 0.2) is 13.5 Å².